The maximum absolute atomic E-state index is 13.2. The van der Waals surface area contributed by atoms with Crippen LogP contribution in [0, 0.1) is 13.8 Å². The van der Waals surface area contributed by atoms with Crippen LogP contribution in [-0.2, 0) is 4.79 Å². The quantitative estimate of drug-likeness (QED) is 0.301. The van der Waals surface area contributed by atoms with E-state index in [0.717, 1.165) is 40.0 Å². The third kappa shape index (κ3) is 5.39. The maximum Gasteiger partial charge on any atom is 0.277 e. The van der Waals surface area contributed by atoms with E-state index in [4.69, 9.17) is 16.3 Å². The molecule has 1 saturated heterocycles. The summed E-state index contributed by atoms with van der Waals surface area (Å²) in [7, 11) is 0. The highest BCUT2D eigenvalue weighted by Gasteiger charge is 2.37. The molecular formula is C28H30ClN5O3S. The predicted octanol–water partition coefficient (Wildman–Crippen LogP) is 6.11. The Balaban J connectivity index is 1.18. The lowest BCUT2D eigenvalue weighted by molar-refractivity contribution is -0.146. The number of carbonyl (C=O) groups is 2. The van der Waals surface area contributed by atoms with Crippen LogP contribution in [0.25, 0.3) is 11.0 Å². The fourth-order valence-corrected chi connectivity index (χ4v) is 5.78. The van der Waals surface area contributed by atoms with Crippen molar-refractivity contribution < 1.29 is 14.3 Å². The van der Waals surface area contributed by atoms with Crippen LogP contribution >= 0.6 is 22.9 Å². The van der Waals surface area contributed by atoms with Gasteiger partial charge in [-0.05, 0) is 75.9 Å². The Morgan fingerprint density at radius 1 is 1.13 bits per heavy atom. The van der Waals surface area contributed by atoms with Gasteiger partial charge in [0.15, 0.2) is 5.60 Å². The summed E-state index contributed by atoms with van der Waals surface area (Å²) in [6.07, 6.45) is 1.54. The van der Waals surface area contributed by atoms with E-state index in [-0.39, 0.29) is 17.7 Å². The molecule has 0 aliphatic carbocycles. The number of piperidine rings is 1. The minimum absolute atomic E-state index is 0.0775. The zero-order chi connectivity index (χ0) is 27.0. The van der Waals surface area contributed by atoms with Crippen LogP contribution in [0.3, 0.4) is 0 Å². The maximum atomic E-state index is 13.2. The Morgan fingerprint density at radius 2 is 1.84 bits per heavy atom. The average Bonchev–Trinajstić information content (AvgIpc) is 3.52. The first-order valence-corrected chi connectivity index (χ1v) is 13.8. The number of nitrogens with one attached hydrogen (secondary N) is 2. The Bertz CT molecular complexity index is 1460. The van der Waals surface area contributed by atoms with E-state index in [0.29, 0.717) is 35.5 Å². The number of aryl methyl sites for hydroxylation is 2. The zero-order valence-electron chi connectivity index (χ0n) is 21.8. The summed E-state index contributed by atoms with van der Waals surface area (Å²) in [4.78, 5) is 40.2. The molecule has 1 aliphatic rings. The number of halogens is 1. The van der Waals surface area contributed by atoms with Crippen LogP contribution in [-0.4, -0.2) is 50.4 Å². The van der Waals surface area contributed by atoms with Crippen molar-refractivity contribution in [3.05, 3.63) is 68.6 Å². The summed E-state index contributed by atoms with van der Waals surface area (Å²) in [5.41, 5.74) is 3.32. The number of hydrogen-bond acceptors (Lipinski definition) is 6. The van der Waals surface area contributed by atoms with Crippen molar-refractivity contribution in [2.24, 2.45) is 0 Å². The molecule has 5 rings (SSSR count). The SMILES string of the molecule is Cc1cc2nc(NC(=O)c3csc(C4CCN(C(=O)C(C)(C)Oc5ccccc5Cl)CC4)n3)[nH]c2cc1C. The smallest absolute Gasteiger partial charge is 0.277 e. The number of H-pyrrole nitrogens is 1. The largest absolute Gasteiger partial charge is 0.476 e. The molecule has 2 aromatic heterocycles. The molecule has 38 heavy (non-hydrogen) atoms. The number of likely N-dealkylation sites (tertiary alicyclic amines) is 1. The third-order valence-corrected chi connectivity index (χ3v) is 8.25. The number of fused-ring (bicyclic) bond motifs is 1. The average molecular weight is 552 g/mol. The van der Waals surface area contributed by atoms with Gasteiger partial charge in [0.1, 0.15) is 11.4 Å². The van der Waals surface area contributed by atoms with Crippen molar-refractivity contribution in [2.45, 2.75) is 52.1 Å². The Morgan fingerprint density at radius 3 is 2.58 bits per heavy atom. The van der Waals surface area contributed by atoms with Crippen LogP contribution in [0.2, 0.25) is 5.02 Å². The molecular weight excluding hydrogens is 522 g/mol. The van der Waals surface area contributed by atoms with Crippen LogP contribution in [0.4, 0.5) is 5.95 Å². The first-order valence-electron chi connectivity index (χ1n) is 12.6. The van der Waals surface area contributed by atoms with Crippen molar-refractivity contribution in [3.8, 4) is 5.75 Å². The molecule has 10 heteroatoms. The highest BCUT2D eigenvalue weighted by Crippen LogP contribution is 2.33. The second-order valence-corrected chi connectivity index (χ2v) is 11.5. The summed E-state index contributed by atoms with van der Waals surface area (Å²) in [5.74, 6) is 0.703. The second-order valence-electron chi connectivity index (χ2n) is 10.2. The lowest BCUT2D eigenvalue weighted by Gasteiger charge is -2.36. The number of amides is 2. The molecule has 0 radical (unpaired) electrons. The lowest BCUT2D eigenvalue weighted by Crippen LogP contribution is -2.51. The molecule has 198 valence electrons. The first kappa shape index (κ1) is 26.2. The van der Waals surface area contributed by atoms with E-state index in [1.54, 1.807) is 31.4 Å². The van der Waals surface area contributed by atoms with Crippen molar-refractivity contribution in [2.75, 3.05) is 18.4 Å². The molecule has 0 unspecified atom stereocenters. The molecule has 1 aliphatic heterocycles. The number of carbonyl (C=O) groups excluding carboxylic acids is 2. The number of ether oxygens (including phenoxy) is 1. The van der Waals surface area contributed by atoms with E-state index in [1.807, 2.05) is 43.0 Å². The topological polar surface area (TPSA) is 100 Å². The second kappa shape index (κ2) is 10.4. The van der Waals surface area contributed by atoms with E-state index >= 15 is 0 Å². The van der Waals surface area contributed by atoms with Gasteiger partial charge in [0.05, 0.1) is 21.1 Å². The van der Waals surface area contributed by atoms with Gasteiger partial charge in [0.25, 0.3) is 11.8 Å². The molecule has 0 spiro atoms. The molecule has 4 aromatic rings. The predicted molar refractivity (Wildman–Crippen MR) is 150 cm³/mol. The van der Waals surface area contributed by atoms with Crippen LogP contribution in [0.15, 0.2) is 41.8 Å². The van der Waals surface area contributed by atoms with Gasteiger partial charge in [0.2, 0.25) is 5.95 Å². The van der Waals surface area contributed by atoms with Crippen molar-refractivity contribution in [3.63, 3.8) is 0 Å². The van der Waals surface area contributed by atoms with Gasteiger partial charge < -0.3 is 14.6 Å². The normalized spacial score (nSPS) is 14.6. The number of benzene rings is 2. The number of para-hydroxylation sites is 1. The van der Waals surface area contributed by atoms with Crippen molar-refractivity contribution >= 4 is 51.7 Å². The summed E-state index contributed by atoms with van der Waals surface area (Å²) >= 11 is 7.69. The molecule has 8 nitrogen and oxygen atoms in total. The number of aromatic amines is 1. The standard InChI is InChI=1S/C28H30ClN5O3S/c1-16-13-20-21(14-17(16)2)32-27(31-20)33-24(35)22-15-38-25(30-22)18-9-11-34(12-10-18)26(36)28(3,4)37-23-8-6-5-7-19(23)29/h5-8,13-15,18H,9-12H2,1-4H3,(H2,31,32,33,35). The number of rotatable bonds is 6. The number of thiazole rings is 1. The molecule has 1 fully saturated rings. The number of imidazole rings is 1. The Hall–Kier alpha value is -3.43. The lowest BCUT2D eigenvalue weighted by atomic mass is 9.96. The van der Waals surface area contributed by atoms with Gasteiger partial charge in [-0.15, -0.1) is 11.3 Å². The number of hydrogen-bond donors (Lipinski definition) is 2. The van der Waals surface area contributed by atoms with Crippen LogP contribution in [0.5, 0.6) is 5.75 Å². The summed E-state index contributed by atoms with van der Waals surface area (Å²) in [6.45, 7) is 8.80. The van der Waals surface area contributed by atoms with Gasteiger partial charge in [-0.2, -0.15) is 0 Å². The highest BCUT2D eigenvalue weighted by atomic mass is 35.5. The van der Waals surface area contributed by atoms with Crippen LogP contribution in [0.1, 0.15) is 59.2 Å². The fraction of sp³-hybridized carbons (Fsp3) is 0.357. The summed E-state index contributed by atoms with van der Waals surface area (Å²) in [5, 5.41) is 5.99. The monoisotopic (exact) mass is 551 g/mol. The number of aromatic nitrogens is 3. The first-order chi connectivity index (χ1) is 18.1. The third-order valence-electron chi connectivity index (χ3n) is 6.93. The molecule has 2 N–H and O–H groups in total. The van der Waals surface area contributed by atoms with Gasteiger partial charge in [-0.1, -0.05) is 23.7 Å². The fourth-order valence-electron chi connectivity index (χ4n) is 4.64. The Labute approximate surface area is 230 Å². The van der Waals surface area contributed by atoms with E-state index in [1.165, 1.54) is 11.3 Å². The van der Waals surface area contributed by atoms with Gasteiger partial charge >= 0.3 is 0 Å². The van der Waals surface area contributed by atoms with Gasteiger partial charge in [-0.3, -0.25) is 14.9 Å². The number of nitrogens with zero attached hydrogens (tertiary/aromatic N) is 3. The van der Waals surface area contributed by atoms with E-state index in [9.17, 15) is 9.59 Å². The minimum atomic E-state index is -1.04. The summed E-state index contributed by atoms with van der Waals surface area (Å²) < 4.78 is 5.98. The molecule has 0 bridgehead atoms. The van der Waals surface area contributed by atoms with Crippen molar-refractivity contribution in [1.29, 1.82) is 0 Å². The molecule has 3 heterocycles. The van der Waals surface area contributed by atoms with Crippen molar-refractivity contribution in [1.82, 2.24) is 19.9 Å². The molecule has 0 atom stereocenters. The van der Waals surface area contributed by atoms with E-state index in [2.05, 4.69) is 20.3 Å². The van der Waals surface area contributed by atoms with Gasteiger partial charge in [0, 0.05) is 24.4 Å². The zero-order valence-corrected chi connectivity index (χ0v) is 23.4. The van der Waals surface area contributed by atoms with Crippen LogP contribution < -0.4 is 10.1 Å². The van der Waals surface area contributed by atoms with E-state index < -0.39 is 5.60 Å². The summed E-state index contributed by atoms with van der Waals surface area (Å²) in [6, 6.07) is 11.2. The molecule has 2 aromatic carbocycles. The van der Waals surface area contributed by atoms with Gasteiger partial charge in [-0.25, -0.2) is 9.97 Å². The Kier molecular flexibility index (Phi) is 7.15. The highest BCUT2D eigenvalue weighted by molar-refractivity contribution is 7.10. The number of anilines is 1. The molecule has 0 saturated carbocycles. The minimum Gasteiger partial charge on any atom is -0.476 e. The molecule has 2 amide bonds.